The molecule has 0 aliphatic carbocycles. The summed E-state index contributed by atoms with van der Waals surface area (Å²) in [6.07, 6.45) is 0. The summed E-state index contributed by atoms with van der Waals surface area (Å²) >= 11 is 0. The van der Waals surface area contributed by atoms with Crippen molar-refractivity contribution in [3.63, 3.8) is 0 Å². The zero-order chi connectivity index (χ0) is 39.3. The van der Waals surface area contributed by atoms with E-state index in [-0.39, 0.29) is 20.9 Å². The van der Waals surface area contributed by atoms with Crippen molar-refractivity contribution < 1.29 is 0 Å². The van der Waals surface area contributed by atoms with Crippen LogP contribution in [0.25, 0.3) is 66.8 Å². The van der Waals surface area contributed by atoms with Crippen LogP contribution < -0.4 is 30.6 Å². The van der Waals surface area contributed by atoms with Crippen LogP contribution in [0.1, 0.15) is 0 Å². The van der Waals surface area contributed by atoms with E-state index >= 15 is 0 Å². The molecular formula is C54H36B3N3. The van der Waals surface area contributed by atoms with Gasteiger partial charge in [-0.1, -0.05) is 200 Å². The van der Waals surface area contributed by atoms with Crippen LogP contribution in [-0.4, -0.2) is 20.9 Å². The van der Waals surface area contributed by atoms with E-state index in [1.54, 1.807) is 0 Å². The fraction of sp³-hybridized carbons (Fsp3) is 0. The first-order valence-corrected chi connectivity index (χ1v) is 21.0. The van der Waals surface area contributed by atoms with Gasteiger partial charge >= 0.3 is 20.9 Å². The minimum atomic E-state index is -0.141. The Morgan fingerprint density at radius 2 is 0.483 bits per heavy atom. The van der Waals surface area contributed by atoms with Crippen molar-refractivity contribution in [2.45, 2.75) is 0 Å². The Kier molecular flexibility index (Phi) is 7.29. The molecule has 276 valence electrons. The summed E-state index contributed by atoms with van der Waals surface area (Å²) in [7, 11) is 0. The number of benzene rings is 9. The molecule has 60 heavy (non-hydrogen) atoms. The average Bonchev–Trinajstić information content (AvgIpc) is 3.34. The number of nitrogens with zero attached hydrogens (tertiary/aromatic N) is 3. The van der Waals surface area contributed by atoms with Crippen LogP contribution in [0.4, 0.5) is 17.1 Å². The van der Waals surface area contributed by atoms with E-state index in [2.05, 4.69) is 233 Å². The molecule has 0 unspecified atom stereocenters. The fourth-order valence-electron chi connectivity index (χ4n) is 10.8. The summed E-state index contributed by atoms with van der Waals surface area (Å²) in [5, 5.41) is 0. The number of anilines is 3. The first-order chi connectivity index (χ1) is 29.8. The summed E-state index contributed by atoms with van der Waals surface area (Å²) in [4.78, 5) is 0. The second-order valence-electron chi connectivity index (χ2n) is 16.4. The SMILES string of the molecule is c1ccc(-c2ccc3c(c2)B2N(B4c5cc(-c6ccccc6)ccc5-c5ccccc5N4B4c5cc(-c6ccccc6)ccc5-c5ccccc5N24)c2ccccc2-3)cc1. The molecule has 1 fully saturated rings. The van der Waals surface area contributed by atoms with Crippen LogP contribution in [0.5, 0.6) is 0 Å². The lowest BCUT2D eigenvalue weighted by Gasteiger charge is -2.61. The van der Waals surface area contributed by atoms with Gasteiger partial charge in [-0.15, -0.1) is 0 Å². The summed E-state index contributed by atoms with van der Waals surface area (Å²) in [6.45, 7) is -0.422. The van der Waals surface area contributed by atoms with Crippen molar-refractivity contribution in [3.05, 3.63) is 218 Å². The van der Waals surface area contributed by atoms with Crippen molar-refractivity contribution >= 4 is 54.4 Å². The summed E-state index contributed by atoms with van der Waals surface area (Å²) in [5.74, 6) is 0. The van der Waals surface area contributed by atoms with Gasteiger partial charge in [0.1, 0.15) is 0 Å². The van der Waals surface area contributed by atoms with Gasteiger partial charge in [-0.05, 0) is 84.7 Å². The predicted octanol–water partition coefficient (Wildman–Crippen LogP) is 10.6. The number of para-hydroxylation sites is 3. The average molecular weight is 759 g/mol. The van der Waals surface area contributed by atoms with Crippen LogP contribution in [0.15, 0.2) is 218 Å². The second-order valence-corrected chi connectivity index (χ2v) is 16.4. The van der Waals surface area contributed by atoms with Crippen molar-refractivity contribution in [1.82, 2.24) is 0 Å². The van der Waals surface area contributed by atoms with Crippen LogP contribution in [0.2, 0.25) is 0 Å². The maximum atomic E-state index is 2.76. The van der Waals surface area contributed by atoms with Gasteiger partial charge in [-0.3, -0.25) is 0 Å². The molecular weight excluding hydrogens is 723 g/mol. The summed E-state index contributed by atoms with van der Waals surface area (Å²) < 4.78 is 8.28. The first-order valence-electron chi connectivity index (χ1n) is 21.0. The molecule has 4 heterocycles. The van der Waals surface area contributed by atoms with Gasteiger partial charge in [0, 0.05) is 33.8 Å². The number of hydrogen-bond acceptors (Lipinski definition) is 3. The monoisotopic (exact) mass is 759 g/mol. The first kappa shape index (κ1) is 33.5. The van der Waals surface area contributed by atoms with Gasteiger partial charge in [0.05, 0.1) is 0 Å². The largest absolute Gasteiger partial charge is 0.416 e. The van der Waals surface area contributed by atoms with Gasteiger partial charge < -0.3 is 14.2 Å². The molecule has 0 spiro atoms. The number of rotatable bonds is 3. The molecule has 0 aromatic heterocycles. The lowest BCUT2D eigenvalue weighted by Crippen LogP contribution is -2.88. The minimum absolute atomic E-state index is 0.141. The number of hydrogen-bond donors (Lipinski definition) is 0. The Bertz CT molecular complexity index is 2800. The van der Waals surface area contributed by atoms with E-state index in [1.165, 1.54) is 100 Å². The lowest BCUT2D eigenvalue weighted by atomic mass is 9.33. The van der Waals surface area contributed by atoms with Crippen molar-refractivity contribution in [2.24, 2.45) is 0 Å². The van der Waals surface area contributed by atoms with E-state index < -0.39 is 0 Å². The van der Waals surface area contributed by atoms with Crippen molar-refractivity contribution in [1.29, 1.82) is 0 Å². The highest BCUT2D eigenvalue weighted by atomic mass is 15.3. The smallest absolute Gasteiger partial charge is 0.389 e. The maximum absolute atomic E-state index is 2.76. The molecule has 0 atom stereocenters. The van der Waals surface area contributed by atoms with Crippen LogP contribution in [-0.2, 0) is 0 Å². The second kappa shape index (κ2) is 13.0. The highest BCUT2D eigenvalue weighted by molar-refractivity contribution is 7.16. The van der Waals surface area contributed by atoms with Crippen LogP contribution >= 0.6 is 0 Å². The molecule has 0 amide bonds. The maximum Gasteiger partial charge on any atom is 0.389 e. The normalized spacial score (nSPS) is 13.8. The Labute approximate surface area is 352 Å². The molecule has 3 nitrogen and oxygen atoms in total. The van der Waals surface area contributed by atoms with Crippen molar-refractivity contribution in [3.8, 4) is 66.8 Å². The van der Waals surface area contributed by atoms with Gasteiger partial charge in [-0.25, -0.2) is 0 Å². The van der Waals surface area contributed by atoms with E-state index in [0.29, 0.717) is 0 Å². The van der Waals surface area contributed by atoms with E-state index in [9.17, 15) is 0 Å². The Morgan fingerprint density at radius 1 is 0.217 bits per heavy atom. The molecule has 1 saturated heterocycles. The van der Waals surface area contributed by atoms with E-state index in [0.717, 1.165) is 0 Å². The van der Waals surface area contributed by atoms with Gasteiger partial charge in [0.2, 0.25) is 0 Å². The Morgan fingerprint density at radius 3 is 0.783 bits per heavy atom. The standard InChI is InChI=1S/C54H36B3N3/c1-4-16-37(17-5-1)40-28-31-43-46-22-10-13-25-52(46)58-55(49(43)34-40)59-53-26-14-11-23-47(53)44-32-29-41(38-18-6-2-7-19-38)35-50(44)57(59)60-54-27-15-12-24-48(54)45-33-30-42(36-51(45)56(58)60)39-20-8-3-9-21-39/h1-36H. The molecule has 4 aliphatic heterocycles. The van der Waals surface area contributed by atoms with Gasteiger partial charge in [0.15, 0.2) is 0 Å². The fourth-order valence-corrected chi connectivity index (χ4v) is 10.8. The molecule has 9 aromatic rings. The predicted molar refractivity (Wildman–Crippen MR) is 256 cm³/mol. The highest BCUT2D eigenvalue weighted by Gasteiger charge is 2.61. The Hall–Kier alpha value is -7.43. The highest BCUT2D eigenvalue weighted by Crippen LogP contribution is 2.49. The third-order valence-electron chi connectivity index (χ3n) is 13.3. The quantitative estimate of drug-likeness (QED) is 0.166. The van der Waals surface area contributed by atoms with Gasteiger partial charge in [-0.2, -0.15) is 0 Å². The molecule has 0 bridgehead atoms. The minimum Gasteiger partial charge on any atom is -0.416 e. The third kappa shape index (κ3) is 4.82. The number of fused-ring (bicyclic) bond motifs is 21. The van der Waals surface area contributed by atoms with Crippen LogP contribution in [0, 0.1) is 0 Å². The topological polar surface area (TPSA) is 9.72 Å². The molecule has 4 aliphatic rings. The summed E-state index contributed by atoms with van der Waals surface area (Å²) in [5.41, 5.74) is 22.7. The van der Waals surface area contributed by atoms with Crippen LogP contribution in [0.3, 0.4) is 0 Å². The molecule has 0 saturated carbocycles. The van der Waals surface area contributed by atoms with Crippen molar-refractivity contribution in [2.75, 3.05) is 14.2 Å². The Balaban J connectivity index is 1.16. The van der Waals surface area contributed by atoms with E-state index in [4.69, 9.17) is 0 Å². The zero-order valence-corrected chi connectivity index (χ0v) is 32.9. The summed E-state index contributed by atoms with van der Waals surface area (Å²) in [6, 6.07) is 81.5. The zero-order valence-electron chi connectivity index (χ0n) is 32.9. The molecule has 6 heteroatoms. The molecule has 13 rings (SSSR count). The van der Waals surface area contributed by atoms with Gasteiger partial charge in [0.25, 0.3) is 0 Å². The van der Waals surface area contributed by atoms with E-state index in [1.807, 2.05) is 0 Å². The molecule has 9 aromatic carbocycles. The third-order valence-corrected chi connectivity index (χ3v) is 13.3. The molecule has 0 N–H and O–H groups in total. The lowest BCUT2D eigenvalue weighted by molar-refractivity contribution is 1.27. The molecule has 0 radical (unpaired) electrons.